The van der Waals surface area contributed by atoms with E-state index >= 15 is 0 Å². The van der Waals surface area contributed by atoms with Gasteiger partial charge in [0.25, 0.3) is 11.8 Å². The second-order valence-electron chi connectivity index (χ2n) is 10.8. The number of para-hydroxylation sites is 2. The summed E-state index contributed by atoms with van der Waals surface area (Å²) in [6.45, 7) is 4.02. The third-order valence-corrected chi connectivity index (χ3v) is 8.70. The molecule has 2 amide bonds. The van der Waals surface area contributed by atoms with E-state index in [9.17, 15) is 14.9 Å². The molecule has 0 saturated carbocycles. The van der Waals surface area contributed by atoms with Gasteiger partial charge in [0.1, 0.15) is 6.07 Å². The van der Waals surface area contributed by atoms with Gasteiger partial charge >= 0.3 is 0 Å². The minimum absolute atomic E-state index is 0.219. The number of benzene rings is 2. The van der Waals surface area contributed by atoms with Crippen LogP contribution in [-0.2, 0) is 6.54 Å². The first-order chi connectivity index (χ1) is 18.4. The zero-order valence-electron chi connectivity index (χ0n) is 22.1. The maximum Gasteiger partial charge on any atom is 0.261 e. The Morgan fingerprint density at radius 2 is 1.76 bits per heavy atom. The van der Waals surface area contributed by atoms with Crippen LogP contribution in [0.5, 0.6) is 0 Å². The van der Waals surface area contributed by atoms with Gasteiger partial charge in [0.2, 0.25) is 0 Å². The number of nitriles is 1. The number of allylic oxidation sites excluding steroid dienone is 1. The predicted molar refractivity (Wildman–Crippen MR) is 145 cm³/mol. The number of likely N-dealkylation sites (tertiary alicyclic amines) is 1. The molecule has 1 saturated heterocycles. The Morgan fingerprint density at radius 3 is 2.45 bits per heavy atom. The van der Waals surface area contributed by atoms with Crippen molar-refractivity contribution in [3.8, 4) is 6.07 Å². The van der Waals surface area contributed by atoms with Crippen LogP contribution < -0.4 is 0 Å². The molecule has 6 rings (SSSR count). The van der Waals surface area contributed by atoms with E-state index in [0.29, 0.717) is 42.6 Å². The molecule has 0 spiro atoms. The molecule has 194 valence electrons. The molecule has 0 bridgehead atoms. The SMILES string of the molecule is CC1=C(C#N)c2nc3ccccc3n2CC1(CCCN1C(=O)c2ccccc2C1=O)N1CCCC1N(C)C. The van der Waals surface area contributed by atoms with Gasteiger partial charge in [0, 0.05) is 19.6 Å². The first-order valence-corrected chi connectivity index (χ1v) is 13.3. The quantitative estimate of drug-likeness (QED) is 0.465. The number of hydrogen-bond donors (Lipinski definition) is 0. The Morgan fingerprint density at radius 1 is 1.08 bits per heavy atom. The number of carbonyl (C=O) groups excluding carboxylic acids is 2. The van der Waals surface area contributed by atoms with Crippen LogP contribution in [0.1, 0.15) is 59.1 Å². The van der Waals surface area contributed by atoms with Gasteiger partial charge in [-0.25, -0.2) is 4.98 Å². The van der Waals surface area contributed by atoms with Crippen LogP contribution in [0.25, 0.3) is 16.6 Å². The largest absolute Gasteiger partial charge is 0.321 e. The van der Waals surface area contributed by atoms with Gasteiger partial charge in [0.05, 0.1) is 39.4 Å². The third kappa shape index (κ3) is 3.53. The molecule has 8 nitrogen and oxygen atoms in total. The number of nitrogens with zero attached hydrogens (tertiary/aromatic N) is 6. The molecule has 0 radical (unpaired) electrons. The van der Waals surface area contributed by atoms with E-state index in [4.69, 9.17) is 4.98 Å². The molecule has 4 heterocycles. The summed E-state index contributed by atoms with van der Waals surface area (Å²) >= 11 is 0. The highest BCUT2D eigenvalue weighted by molar-refractivity contribution is 6.21. The van der Waals surface area contributed by atoms with Crippen molar-refractivity contribution in [3.05, 3.63) is 71.1 Å². The molecular formula is C30H32N6O2. The monoisotopic (exact) mass is 508 g/mol. The Hall–Kier alpha value is -3.80. The lowest BCUT2D eigenvalue weighted by Crippen LogP contribution is -2.59. The van der Waals surface area contributed by atoms with Gasteiger partial charge in [-0.2, -0.15) is 5.26 Å². The smallest absolute Gasteiger partial charge is 0.261 e. The summed E-state index contributed by atoms with van der Waals surface area (Å²) in [6, 6.07) is 17.6. The molecule has 3 aliphatic heterocycles. The van der Waals surface area contributed by atoms with E-state index in [-0.39, 0.29) is 18.0 Å². The van der Waals surface area contributed by atoms with E-state index in [1.807, 2.05) is 18.2 Å². The fourth-order valence-corrected chi connectivity index (χ4v) is 6.81. The summed E-state index contributed by atoms with van der Waals surface area (Å²) in [6.07, 6.45) is 3.73. The molecular weight excluding hydrogens is 476 g/mol. The van der Waals surface area contributed by atoms with Crippen LogP contribution in [-0.4, -0.2) is 75.0 Å². The Bertz CT molecular complexity index is 1490. The highest BCUT2D eigenvalue weighted by Crippen LogP contribution is 2.45. The lowest BCUT2D eigenvalue weighted by atomic mass is 9.78. The van der Waals surface area contributed by atoms with Crippen molar-refractivity contribution in [2.45, 2.75) is 50.9 Å². The Kier molecular flexibility index (Phi) is 5.93. The highest BCUT2D eigenvalue weighted by Gasteiger charge is 2.49. The van der Waals surface area contributed by atoms with Crippen molar-refractivity contribution in [2.75, 3.05) is 27.2 Å². The Balaban J connectivity index is 1.39. The normalized spacial score (nSPS) is 23.4. The fourth-order valence-electron chi connectivity index (χ4n) is 6.81. The van der Waals surface area contributed by atoms with Gasteiger partial charge in [-0.3, -0.25) is 24.3 Å². The van der Waals surface area contributed by atoms with Crippen LogP contribution in [0, 0.1) is 11.3 Å². The lowest BCUT2D eigenvalue weighted by molar-refractivity contribution is 0.0141. The zero-order valence-corrected chi connectivity index (χ0v) is 22.1. The van der Waals surface area contributed by atoms with Crippen LogP contribution in [0.3, 0.4) is 0 Å². The zero-order chi connectivity index (χ0) is 26.6. The first kappa shape index (κ1) is 24.5. The molecule has 8 heteroatoms. The van der Waals surface area contributed by atoms with E-state index in [2.05, 4.69) is 47.5 Å². The van der Waals surface area contributed by atoms with Crippen molar-refractivity contribution < 1.29 is 9.59 Å². The minimum atomic E-state index is -0.439. The number of carbonyl (C=O) groups is 2. The molecule has 1 fully saturated rings. The van der Waals surface area contributed by atoms with E-state index in [1.54, 1.807) is 24.3 Å². The van der Waals surface area contributed by atoms with Gasteiger partial charge in [-0.15, -0.1) is 0 Å². The first-order valence-electron chi connectivity index (χ1n) is 13.3. The molecule has 0 N–H and O–H groups in total. The Labute approximate surface area is 222 Å². The topological polar surface area (TPSA) is 85.5 Å². The van der Waals surface area contributed by atoms with Gasteiger partial charge in [0.15, 0.2) is 5.82 Å². The number of rotatable bonds is 6. The van der Waals surface area contributed by atoms with Crippen LogP contribution in [0.2, 0.25) is 0 Å². The van der Waals surface area contributed by atoms with E-state index in [1.165, 1.54) is 4.90 Å². The molecule has 2 unspecified atom stereocenters. The minimum Gasteiger partial charge on any atom is -0.321 e. The van der Waals surface area contributed by atoms with Crippen LogP contribution in [0.15, 0.2) is 54.1 Å². The van der Waals surface area contributed by atoms with Gasteiger partial charge < -0.3 is 4.57 Å². The lowest BCUT2D eigenvalue weighted by Gasteiger charge is -2.50. The summed E-state index contributed by atoms with van der Waals surface area (Å²) in [5.41, 5.74) is 4.08. The number of imide groups is 1. The number of aromatic nitrogens is 2. The molecule has 1 aromatic heterocycles. The van der Waals surface area contributed by atoms with Crippen molar-refractivity contribution in [1.82, 2.24) is 24.3 Å². The molecule has 38 heavy (non-hydrogen) atoms. The van der Waals surface area contributed by atoms with E-state index < -0.39 is 5.54 Å². The molecule has 2 aromatic carbocycles. The number of hydrogen-bond acceptors (Lipinski definition) is 6. The number of amides is 2. The number of imidazole rings is 1. The average Bonchev–Trinajstić information content (AvgIpc) is 3.61. The van der Waals surface area contributed by atoms with Crippen molar-refractivity contribution in [3.63, 3.8) is 0 Å². The van der Waals surface area contributed by atoms with Gasteiger partial charge in [-0.1, -0.05) is 24.3 Å². The van der Waals surface area contributed by atoms with Crippen molar-refractivity contribution in [1.29, 1.82) is 5.26 Å². The predicted octanol–water partition coefficient (Wildman–Crippen LogP) is 4.15. The summed E-state index contributed by atoms with van der Waals surface area (Å²) < 4.78 is 2.20. The molecule has 2 atom stereocenters. The summed E-state index contributed by atoms with van der Waals surface area (Å²) in [7, 11) is 4.22. The maximum absolute atomic E-state index is 13.0. The average molecular weight is 509 g/mol. The van der Waals surface area contributed by atoms with Gasteiger partial charge in [-0.05, 0) is 76.5 Å². The van der Waals surface area contributed by atoms with Crippen LogP contribution >= 0.6 is 0 Å². The summed E-state index contributed by atoms with van der Waals surface area (Å²) in [5.74, 6) is 0.287. The summed E-state index contributed by atoms with van der Waals surface area (Å²) in [4.78, 5) is 37.1. The van der Waals surface area contributed by atoms with E-state index in [0.717, 1.165) is 41.8 Å². The third-order valence-electron chi connectivity index (χ3n) is 8.70. The second kappa shape index (κ2) is 9.19. The molecule has 3 aliphatic rings. The van der Waals surface area contributed by atoms with Crippen LogP contribution in [0.4, 0.5) is 0 Å². The second-order valence-corrected chi connectivity index (χ2v) is 10.8. The molecule has 0 aliphatic carbocycles. The number of fused-ring (bicyclic) bond motifs is 4. The standard InChI is InChI=1S/C30H32N6O2/c1-20-23(18-31)27-32-24-12-6-7-13-25(24)35(27)19-30(20,36-17-8-14-26(36)33(2)3)15-9-16-34-28(37)21-10-4-5-11-22(21)29(34)38/h4-7,10-13,26H,8-9,14-17,19H2,1-3H3. The fraction of sp³-hybridized carbons (Fsp3) is 0.400. The van der Waals surface area contributed by atoms with Crippen molar-refractivity contribution in [2.24, 2.45) is 0 Å². The molecule has 3 aromatic rings. The maximum atomic E-state index is 13.0. The summed E-state index contributed by atoms with van der Waals surface area (Å²) in [5, 5.41) is 10.4. The van der Waals surface area contributed by atoms with Crippen molar-refractivity contribution >= 4 is 28.4 Å². The highest BCUT2D eigenvalue weighted by atomic mass is 16.2.